The lowest BCUT2D eigenvalue weighted by atomic mass is 10.3. The molecule has 0 amide bonds. The summed E-state index contributed by atoms with van der Waals surface area (Å²) in [6.07, 6.45) is 1.20. The van der Waals surface area contributed by atoms with Crippen molar-refractivity contribution in [1.82, 2.24) is 9.62 Å². The maximum atomic E-state index is 4.56. The van der Waals surface area contributed by atoms with Crippen LogP contribution >= 0.6 is 11.9 Å². The zero-order chi connectivity index (χ0) is 13.1. The first-order valence-corrected chi connectivity index (χ1v) is 7.41. The Morgan fingerprint density at radius 3 is 2.47 bits per heavy atom. The number of aliphatic imine (C=N–C) groups is 1. The molecule has 0 aliphatic rings. The van der Waals surface area contributed by atoms with E-state index in [0.29, 0.717) is 0 Å². The summed E-state index contributed by atoms with van der Waals surface area (Å²) >= 11 is 1.76. The normalized spacial score (nSPS) is 11.6. The Balaban J connectivity index is 3.84. The van der Waals surface area contributed by atoms with Crippen molar-refractivity contribution in [3.8, 4) is 0 Å². The van der Waals surface area contributed by atoms with Crippen molar-refractivity contribution in [2.45, 2.75) is 34.1 Å². The van der Waals surface area contributed by atoms with Gasteiger partial charge in [-0.3, -0.25) is 9.71 Å². The van der Waals surface area contributed by atoms with Gasteiger partial charge in [-0.1, -0.05) is 25.5 Å². The van der Waals surface area contributed by atoms with Gasteiger partial charge < -0.3 is 4.90 Å². The fourth-order valence-corrected chi connectivity index (χ4v) is 2.05. The largest absolute Gasteiger partial charge is 0.361 e. The molecule has 0 aromatic heterocycles. The van der Waals surface area contributed by atoms with Crippen LogP contribution in [0.5, 0.6) is 0 Å². The summed E-state index contributed by atoms with van der Waals surface area (Å²) in [7, 11) is 0. The molecule has 0 bridgehead atoms. The predicted molar refractivity (Wildman–Crippen MR) is 80.8 cm³/mol. The molecular formula is C13H27N3S. The van der Waals surface area contributed by atoms with Crippen LogP contribution in [0.1, 0.15) is 34.1 Å². The molecule has 17 heavy (non-hydrogen) atoms. The van der Waals surface area contributed by atoms with E-state index in [1.54, 1.807) is 11.9 Å². The molecule has 0 heterocycles. The van der Waals surface area contributed by atoms with Gasteiger partial charge in [0.15, 0.2) is 0 Å². The van der Waals surface area contributed by atoms with Gasteiger partial charge in [0, 0.05) is 25.4 Å². The van der Waals surface area contributed by atoms with Gasteiger partial charge in [0.2, 0.25) is 0 Å². The molecule has 0 aromatic carbocycles. The molecule has 0 unspecified atom stereocenters. The van der Waals surface area contributed by atoms with Crippen molar-refractivity contribution in [2.75, 3.05) is 31.9 Å². The minimum atomic E-state index is 0.724. The summed E-state index contributed by atoms with van der Waals surface area (Å²) in [6.45, 7) is 16.2. The van der Waals surface area contributed by atoms with Crippen molar-refractivity contribution >= 4 is 17.8 Å². The van der Waals surface area contributed by atoms with Gasteiger partial charge in [-0.15, -0.1) is 0 Å². The van der Waals surface area contributed by atoms with Crippen LogP contribution < -0.4 is 4.72 Å². The Bertz CT molecular complexity index is 235. The van der Waals surface area contributed by atoms with Gasteiger partial charge in [0.25, 0.3) is 0 Å². The van der Waals surface area contributed by atoms with Crippen molar-refractivity contribution in [1.29, 1.82) is 0 Å². The standard InChI is InChI=1S/C13H27N3S/c1-6-9-17-15-11-12(4)10-14-13(5)16(7-2)8-3/h15H,4,6-11H2,1-3,5H3/b14-13+. The molecular weight excluding hydrogens is 230 g/mol. The number of rotatable bonds is 9. The second-order valence-electron chi connectivity index (χ2n) is 3.96. The lowest BCUT2D eigenvalue weighted by Crippen LogP contribution is -2.28. The highest BCUT2D eigenvalue weighted by Gasteiger charge is 2.00. The van der Waals surface area contributed by atoms with Gasteiger partial charge in [-0.25, -0.2) is 0 Å². The first-order valence-electron chi connectivity index (χ1n) is 6.42. The monoisotopic (exact) mass is 257 g/mol. The molecule has 4 heteroatoms. The Morgan fingerprint density at radius 2 is 1.94 bits per heavy atom. The van der Waals surface area contributed by atoms with E-state index in [1.807, 2.05) is 0 Å². The molecule has 3 nitrogen and oxygen atoms in total. The molecule has 0 spiro atoms. The minimum Gasteiger partial charge on any atom is -0.361 e. The molecule has 0 rings (SSSR count). The lowest BCUT2D eigenvalue weighted by molar-refractivity contribution is 0.461. The van der Waals surface area contributed by atoms with E-state index >= 15 is 0 Å². The first kappa shape index (κ1) is 16.5. The van der Waals surface area contributed by atoms with Crippen molar-refractivity contribution in [3.05, 3.63) is 12.2 Å². The quantitative estimate of drug-likeness (QED) is 0.226. The zero-order valence-corrected chi connectivity index (χ0v) is 12.6. The van der Waals surface area contributed by atoms with Gasteiger partial charge in [0.1, 0.15) is 0 Å². The van der Waals surface area contributed by atoms with Crippen LogP contribution in [0.4, 0.5) is 0 Å². The molecule has 0 saturated heterocycles. The highest BCUT2D eigenvalue weighted by molar-refractivity contribution is 7.97. The summed E-state index contributed by atoms with van der Waals surface area (Å²) in [4.78, 5) is 6.82. The molecule has 0 aliphatic heterocycles. The zero-order valence-electron chi connectivity index (χ0n) is 11.8. The van der Waals surface area contributed by atoms with Gasteiger partial charge in [-0.05, 0) is 32.8 Å². The highest BCUT2D eigenvalue weighted by Crippen LogP contribution is 1.99. The minimum absolute atomic E-state index is 0.724. The van der Waals surface area contributed by atoms with Crippen LogP contribution in [-0.4, -0.2) is 42.7 Å². The van der Waals surface area contributed by atoms with Gasteiger partial charge in [-0.2, -0.15) is 0 Å². The molecule has 1 N–H and O–H groups in total. The number of nitrogens with zero attached hydrogens (tertiary/aromatic N) is 2. The molecule has 0 aromatic rings. The van der Waals surface area contributed by atoms with Crippen molar-refractivity contribution < 1.29 is 0 Å². The highest BCUT2D eigenvalue weighted by atomic mass is 32.2. The van der Waals surface area contributed by atoms with E-state index in [4.69, 9.17) is 0 Å². The second-order valence-corrected chi connectivity index (χ2v) is 4.94. The molecule has 0 saturated carbocycles. The average molecular weight is 257 g/mol. The van der Waals surface area contributed by atoms with Crippen LogP contribution in [0.15, 0.2) is 17.1 Å². The maximum Gasteiger partial charge on any atom is 0.0961 e. The van der Waals surface area contributed by atoms with Crippen molar-refractivity contribution in [2.24, 2.45) is 4.99 Å². The van der Waals surface area contributed by atoms with Gasteiger partial charge in [0.05, 0.1) is 12.4 Å². The maximum absolute atomic E-state index is 4.56. The lowest BCUT2D eigenvalue weighted by Gasteiger charge is -2.20. The SMILES string of the molecule is C=C(C/N=C(\C)N(CC)CC)CNSCCC. The van der Waals surface area contributed by atoms with Crippen LogP contribution in [-0.2, 0) is 0 Å². The van der Waals surface area contributed by atoms with E-state index in [1.165, 1.54) is 6.42 Å². The van der Waals surface area contributed by atoms with Gasteiger partial charge >= 0.3 is 0 Å². The summed E-state index contributed by atoms with van der Waals surface area (Å²) in [5, 5.41) is 0. The molecule has 0 radical (unpaired) electrons. The summed E-state index contributed by atoms with van der Waals surface area (Å²) in [6, 6.07) is 0. The summed E-state index contributed by atoms with van der Waals surface area (Å²) < 4.78 is 3.30. The Hall–Kier alpha value is -0.480. The van der Waals surface area contributed by atoms with Crippen LogP contribution in [0.3, 0.4) is 0 Å². The third-order valence-corrected chi connectivity index (χ3v) is 3.44. The number of hydrogen-bond donors (Lipinski definition) is 1. The molecule has 0 fully saturated rings. The second kappa shape index (κ2) is 10.7. The molecule has 0 atom stereocenters. The number of hydrogen-bond acceptors (Lipinski definition) is 3. The smallest absolute Gasteiger partial charge is 0.0961 e. The molecule has 100 valence electrons. The number of nitrogens with one attached hydrogen (secondary N) is 1. The summed E-state index contributed by atoms with van der Waals surface area (Å²) in [5.41, 5.74) is 1.14. The Labute approximate surface area is 111 Å². The van der Waals surface area contributed by atoms with E-state index in [2.05, 4.69) is 48.9 Å². The van der Waals surface area contributed by atoms with Crippen LogP contribution in [0, 0.1) is 0 Å². The van der Waals surface area contributed by atoms with E-state index < -0.39 is 0 Å². The third-order valence-electron chi connectivity index (χ3n) is 2.48. The summed E-state index contributed by atoms with van der Waals surface area (Å²) in [5.74, 6) is 2.26. The van der Waals surface area contributed by atoms with E-state index in [-0.39, 0.29) is 0 Å². The van der Waals surface area contributed by atoms with Crippen LogP contribution in [0.25, 0.3) is 0 Å². The Kier molecular flexibility index (Phi) is 10.4. The predicted octanol–water partition coefficient (Wildman–Crippen LogP) is 2.95. The van der Waals surface area contributed by atoms with Crippen molar-refractivity contribution in [3.63, 3.8) is 0 Å². The topological polar surface area (TPSA) is 27.6 Å². The third kappa shape index (κ3) is 8.27. The molecule has 0 aliphatic carbocycles. The number of amidine groups is 1. The van der Waals surface area contributed by atoms with E-state index in [9.17, 15) is 0 Å². The fraction of sp³-hybridized carbons (Fsp3) is 0.769. The average Bonchev–Trinajstić information content (AvgIpc) is 2.33. The Morgan fingerprint density at radius 1 is 1.29 bits per heavy atom. The van der Waals surface area contributed by atoms with Crippen LogP contribution in [0.2, 0.25) is 0 Å². The first-order chi connectivity index (χ1) is 8.15. The fourth-order valence-electron chi connectivity index (χ4n) is 1.39. The van der Waals surface area contributed by atoms with E-state index in [0.717, 1.165) is 43.3 Å².